The summed E-state index contributed by atoms with van der Waals surface area (Å²) >= 11 is 0. The number of para-hydroxylation sites is 1. The lowest BCUT2D eigenvalue weighted by molar-refractivity contribution is -0.144. The summed E-state index contributed by atoms with van der Waals surface area (Å²) in [5.41, 5.74) is -1.06. The predicted molar refractivity (Wildman–Crippen MR) is 85.8 cm³/mol. The molecule has 1 amide bonds. The minimum absolute atomic E-state index is 0.0798. The Labute approximate surface area is 146 Å². The number of anilines is 1. The highest BCUT2D eigenvalue weighted by Crippen LogP contribution is 2.32. The minimum atomic E-state index is -4.87. The Balaban J connectivity index is 2.67. The quantitative estimate of drug-likeness (QED) is 0.888. The molecule has 0 spiro atoms. The molecular weight excluding hydrogens is 355 g/mol. The van der Waals surface area contributed by atoms with E-state index in [-0.39, 0.29) is 10.9 Å². The number of rotatable bonds is 3. The third-order valence-corrected chi connectivity index (χ3v) is 3.00. The van der Waals surface area contributed by atoms with Gasteiger partial charge in [0.05, 0.1) is 5.52 Å². The van der Waals surface area contributed by atoms with Crippen LogP contribution < -0.4 is 4.90 Å². The van der Waals surface area contributed by atoms with Crippen LogP contribution in [0.5, 0.6) is 0 Å². The molecule has 7 nitrogen and oxygen atoms in total. The van der Waals surface area contributed by atoms with E-state index >= 15 is 0 Å². The zero-order valence-corrected chi connectivity index (χ0v) is 14.2. The summed E-state index contributed by atoms with van der Waals surface area (Å²) in [6.07, 6.45) is -6.00. The Kier molecular flexibility index (Phi) is 5.06. The molecule has 0 saturated heterocycles. The van der Waals surface area contributed by atoms with E-state index in [4.69, 9.17) is 9.84 Å². The number of aromatic nitrogens is 2. The largest absolute Gasteiger partial charge is 0.480 e. The van der Waals surface area contributed by atoms with Gasteiger partial charge in [-0.25, -0.2) is 19.7 Å². The van der Waals surface area contributed by atoms with Crippen molar-refractivity contribution in [1.29, 1.82) is 0 Å². The van der Waals surface area contributed by atoms with Crippen molar-refractivity contribution < 1.29 is 32.6 Å². The van der Waals surface area contributed by atoms with Crippen LogP contribution in [0.4, 0.5) is 23.8 Å². The molecule has 0 fully saturated rings. The van der Waals surface area contributed by atoms with Crippen LogP contribution in [0.25, 0.3) is 10.9 Å². The molecule has 0 bridgehead atoms. The summed E-state index contributed by atoms with van der Waals surface area (Å²) in [5.74, 6) is -3.41. The van der Waals surface area contributed by atoms with Crippen molar-refractivity contribution in [2.45, 2.75) is 32.5 Å². The average molecular weight is 371 g/mol. The van der Waals surface area contributed by atoms with Gasteiger partial charge in [0.25, 0.3) is 0 Å². The fraction of sp³-hybridized carbons (Fsp3) is 0.375. The van der Waals surface area contributed by atoms with Crippen molar-refractivity contribution in [3.05, 3.63) is 30.1 Å². The van der Waals surface area contributed by atoms with Gasteiger partial charge in [0, 0.05) is 5.39 Å². The number of halogens is 3. The summed E-state index contributed by atoms with van der Waals surface area (Å²) in [6.45, 7) is 3.71. The monoisotopic (exact) mass is 371 g/mol. The molecule has 0 aliphatic rings. The number of benzene rings is 1. The van der Waals surface area contributed by atoms with Crippen LogP contribution in [0.3, 0.4) is 0 Å². The van der Waals surface area contributed by atoms with Gasteiger partial charge in [0.15, 0.2) is 5.82 Å². The topological polar surface area (TPSA) is 92.6 Å². The zero-order valence-electron chi connectivity index (χ0n) is 14.2. The van der Waals surface area contributed by atoms with E-state index in [9.17, 15) is 22.8 Å². The summed E-state index contributed by atoms with van der Waals surface area (Å²) < 4.78 is 44.5. The maximum absolute atomic E-state index is 13.1. The van der Waals surface area contributed by atoms with Gasteiger partial charge < -0.3 is 9.84 Å². The van der Waals surface area contributed by atoms with Gasteiger partial charge in [-0.1, -0.05) is 12.1 Å². The number of carbonyl (C=O) groups excluding carboxylic acids is 1. The second-order valence-electron chi connectivity index (χ2n) is 6.35. The van der Waals surface area contributed by atoms with Crippen LogP contribution in [0, 0.1) is 0 Å². The lowest BCUT2D eigenvalue weighted by Gasteiger charge is -2.26. The number of ether oxygens (including phenoxy) is 1. The molecule has 2 rings (SSSR count). The van der Waals surface area contributed by atoms with Crippen molar-refractivity contribution in [3.63, 3.8) is 0 Å². The van der Waals surface area contributed by atoms with Gasteiger partial charge in [0.1, 0.15) is 12.1 Å². The molecule has 1 aromatic heterocycles. The lowest BCUT2D eigenvalue weighted by atomic mass is 10.2. The first-order valence-corrected chi connectivity index (χ1v) is 7.45. The maximum Gasteiger partial charge on any atom is 0.451 e. The van der Waals surface area contributed by atoms with Crippen LogP contribution in [-0.2, 0) is 15.7 Å². The normalized spacial score (nSPS) is 12.1. The third kappa shape index (κ3) is 4.58. The van der Waals surface area contributed by atoms with Gasteiger partial charge in [-0.15, -0.1) is 0 Å². The van der Waals surface area contributed by atoms with E-state index < -0.39 is 42.0 Å². The predicted octanol–water partition coefficient (Wildman–Crippen LogP) is 3.47. The van der Waals surface area contributed by atoms with Gasteiger partial charge in [-0.05, 0) is 32.9 Å². The molecule has 0 aliphatic carbocycles. The van der Waals surface area contributed by atoms with Crippen LogP contribution in [0.15, 0.2) is 24.3 Å². The first kappa shape index (κ1) is 19.4. The summed E-state index contributed by atoms with van der Waals surface area (Å²) in [6, 6.07) is 5.68. The molecule has 0 radical (unpaired) electrons. The SMILES string of the molecule is CC(C)(C)OC(=O)N(CC(=O)O)c1nc(C(F)(F)F)nc2ccccc12. The van der Waals surface area contributed by atoms with Gasteiger partial charge in [0.2, 0.25) is 5.82 Å². The maximum atomic E-state index is 13.1. The van der Waals surface area contributed by atoms with E-state index in [1.54, 1.807) is 20.8 Å². The van der Waals surface area contributed by atoms with Crippen LogP contribution in [0.1, 0.15) is 26.6 Å². The van der Waals surface area contributed by atoms with Crippen LogP contribution >= 0.6 is 0 Å². The minimum Gasteiger partial charge on any atom is -0.480 e. The van der Waals surface area contributed by atoms with Crippen LogP contribution in [-0.4, -0.2) is 39.3 Å². The molecule has 10 heteroatoms. The highest BCUT2D eigenvalue weighted by molar-refractivity contribution is 6.01. The van der Waals surface area contributed by atoms with E-state index in [0.717, 1.165) is 0 Å². The highest BCUT2D eigenvalue weighted by atomic mass is 19.4. The summed E-state index contributed by atoms with van der Waals surface area (Å²) in [5, 5.41) is 9.17. The Hall–Kier alpha value is -2.91. The zero-order chi connectivity index (χ0) is 19.7. The Morgan fingerprint density at radius 1 is 1.15 bits per heavy atom. The van der Waals surface area contributed by atoms with Crippen molar-refractivity contribution in [2.24, 2.45) is 0 Å². The molecule has 0 unspecified atom stereocenters. The molecule has 0 atom stereocenters. The molecule has 26 heavy (non-hydrogen) atoms. The number of carbonyl (C=O) groups is 2. The Morgan fingerprint density at radius 3 is 2.31 bits per heavy atom. The second-order valence-corrected chi connectivity index (χ2v) is 6.35. The first-order valence-electron chi connectivity index (χ1n) is 7.45. The number of alkyl halides is 3. The number of hydrogen-bond donors (Lipinski definition) is 1. The number of fused-ring (bicyclic) bond motifs is 1. The van der Waals surface area contributed by atoms with Gasteiger partial charge in [-0.3, -0.25) is 4.79 Å². The van der Waals surface area contributed by atoms with E-state index in [2.05, 4.69) is 9.97 Å². The van der Waals surface area contributed by atoms with Gasteiger partial charge in [-0.2, -0.15) is 13.2 Å². The Morgan fingerprint density at radius 2 is 1.77 bits per heavy atom. The van der Waals surface area contributed by atoms with Crippen LogP contribution in [0.2, 0.25) is 0 Å². The standard InChI is InChI=1S/C16H16F3N3O4/c1-15(2,3)26-14(25)22(8-11(23)24)12-9-6-4-5-7-10(9)20-13(21-12)16(17,18)19/h4-7H,8H2,1-3H3,(H,23,24). The molecule has 0 saturated carbocycles. The van der Waals surface area contributed by atoms with Gasteiger partial charge >= 0.3 is 18.2 Å². The highest BCUT2D eigenvalue weighted by Gasteiger charge is 2.37. The van der Waals surface area contributed by atoms with Crippen molar-refractivity contribution in [3.8, 4) is 0 Å². The number of aliphatic carboxylic acids is 1. The first-order chi connectivity index (χ1) is 11.9. The number of nitrogens with zero attached hydrogens (tertiary/aromatic N) is 3. The lowest BCUT2D eigenvalue weighted by Crippen LogP contribution is -2.40. The fourth-order valence-corrected chi connectivity index (χ4v) is 2.07. The fourth-order valence-electron chi connectivity index (χ4n) is 2.07. The van der Waals surface area contributed by atoms with E-state index in [1.165, 1.54) is 24.3 Å². The third-order valence-electron chi connectivity index (χ3n) is 3.00. The number of carboxylic acid groups (broad SMARTS) is 1. The van der Waals surface area contributed by atoms with Crippen molar-refractivity contribution in [2.75, 3.05) is 11.4 Å². The molecule has 1 aromatic carbocycles. The van der Waals surface area contributed by atoms with E-state index in [1.807, 2.05) is 0 Å². The molecule has 0 aliphatic heterocycles. The molecule has 1 N–H and O–H groups in total. The number of amides is 1. The smallest absolute Gasteiger partial charge is 0.451 e. The van der Waals surface area contributed by atoms with Crippen molar-refractivity contribution in [1.82, 2.24) is 9.97 Å². The molecular formula is C16H16F3N3O4. The molecule has 1 heterocycles. The average Bonchev–Trinajstić information content (AvgIpc) is 2.48. The number of hydrogen-bond acceptors (Lipinski definition) is 5. The Bertz CT molecular complexity index is 847. The molecule has 140 valence electrons. The summed E-state index contributed by atoms with van der Waals surface area (Å²) in [7, 11) is 0. The molecule has 2 aromatic rings. The summed E-state index contributed by atoms with van der Waals surface area (Å²) in [4.78, 5) is 30.9. The number of carboxylic acids is 1. The van der Waals surface area contributed by atoms with Crippen molar-refractivity contribution >= 4 is 28.8 Å². The van der Waals surface area contributed by atoms with E-state index in [0.29, 0.717) is 4.90 Å². The second kappa shape index (κ2) is 6.77.